The molecular weight excluding hydrogens is 339 g/mol. The number of aryl methyl sites for hydroxylation is 1. The molecule has 3 nitrogen and oxygen atoms in total. The molecule has 1 atom stereocenters. The van der Waals surface area contributed by atoms with Gasteiger partial charge in [0.15, 0.2) is 0 Å². The van der Waals surface area contributed by atoms with E-state index in [-0.39, 0.29) is 11.9 Å². The lowest BCUT2D eigenvalue weighted by Gasteiger charge is -2.24. The van der Waals surface area contributed by atoms with Crippen molar-refractivity contribution in [1.29, 1.82) is 0 Å². The number of anilines is 1. The summed E-state index contributed by atoms with van der Waals surface area (Å²) in [6, 6.07) is 6.82. The number of amides is 1. The van der Waals surface area contributed by atoms with Crippen molar-refractivity contribution >= 4 is 46.1 Å². The molecule has 0 aliphatic heterocycles. The van der Waals surface area contributed by atoms with Crippen molar-refractivity contribution in [2.24, 2.45) is 0 Å². The quantitative estimate of drug-likeness (QED) is 0.832. The molecule has 1 aromatic carbocycles. The minimum absolute atomic E-state index is 0.110. The Labute approximate surface area is 144 Å². The summed E-state index contributed by atoms with van der Waals surface area (Å²) >= 11 is 13.7. The molecule has 1 aromatic heterocycles. The van der Waals surface area contributed by atoms with Gasteiger partial charge in [-0.3, -0.25) is 9.69 Å². The highest BCUT2D eigenvalue weighted by Crippen LogP contribution is 2.26. The van der Waals surface area contributed by atoms with Gasteiger partial charge < -0.3 is 5.32 Å². The van der Waals surface area contributed by atoms with Crippen molar-refractivity contribution in [3.05, 3.63) is 50.1 Å². The van der Waals surface area contributed by atoms with Crippen molar-refractivity contribution in [1.82, 2.24) is 4.90 Å². The molecule has 1 amide bonds. The van der Waals surface area contributed by atoms with Crippen LogP contribution >= 0.6 is 34.5 Å². The largest absolute Gasteiger partial charge is 0.323 e. The molecule has 0 spiro atoms. The lowest BCUT2D eigenvalue weighted by Crippen LogP contribution is -2.39. The molecule has 0 fully saturated rings. The number of hydrogen-bond acceptors (Lipinski definition) is 3. The number of hydrogen-bond donors (Lipinski definition) is 1. The van der Waals surface area contributed by atoms with Crippen molar-refractivity contribution in [2.45, 2.75) is 26.4 Å². The van der Waals surface area contributed by atoms with E-state index >= 15 is 0 Å². The van der Waals surface area contributed by atoms with Gasteiger partial charge in [-0.05, 0) is 56.1 Å². The average molecular weight is 357 g/mol. The van der Waals surface area contributed by atoms with Gasteiger partial charge in [0.2, 0.25) is 5.91 Å². The lowest BCUT2D eigenvalue weighted by atomic mass is 10.2. The SMILES string of the molecule is Cc1ccsc1CN(C)C(C)C(=O)Nc1cc(Cl)ccc1Cl. The second kappa shape index (κ2) is 7.47. The predicted octanol–water partition coefficient (Wildman–Crippen LogP) is 4.82. The van der Waals surface area contributed by atoms with Crippen LogP contribution in [0, 0.1) is 6.92 Å². The maximum atomic E-state index is 12.4. The third kappa shape index (κ3) is 4.23. The fourth-order valence-corrected chi connectivity index (χ4v) is 3.27. The molecule has 0 aliphatic carbocycles. The lowest BCUT2D eigenvalue weighted by molar-refractivity contribution is -0.120. The van der Waals surface area contributed by atoms with E-state index in [9.17, 15) is 4.79 Å². The fourth-order valence-electron chi connectivity index (χ4n) is 1.96. The fraction of sp³-hybridized carbons (Fsp3) is 0.312. The van der Waals surface area contributed by atoms with E-state index in [2.05, 4.69) is 23.7 Å². The molecule has 0 saturated carbocycles. The Hall–Kier alpha value is -1.07. The summed E-state index contributed by atoms with van der Waals surface area (Å²) in [6.07, 6.45) is 0. The van der Waals surface area contributed by atoms with Crippen molar-refractivity contribution in [2.75, 3.05) is 12.4 Å². The molecule has 22 heavy (non-hydrogen) atoms. The first-order valence-corrected chi connectivity index (χ1v) is 8.51. The molecule has 2 rings (SSSR count). The summed E-state index contributed by atoms with van der Waals surface area (Å²) < 4.78 is 0. The van der Waals surface area contributed by atoms with Gasteiger partial charge in [0.1, 0.15) is 0 Å². The molecule has 0 bridgehead atoms. The average Bonchev–Trinajstić information content (AvgIpc) is 2.87. The highest BCUT2D eigenvalue weighted by molar-refractivity contribution is 7.10. The highest BCUT2D eigenvalue weighted by Gasteiger charge is 2.20. The number of thiophene rings is 1. The van der Waals surface area contributed by atoms with Crippen LogP contribution in [0.15, 0.2) is 29.6 Å². The van der Waals surface area contributed by atoms with Gasteiger partial charge in [-0.25, -0.2) is 0 Å². The first-order valence-electron chi connectivity index (χ1n) is 6.87. The number of likely N-dealkylation sites (N-methyl/N-ethyl adjacent to an activating group) is 1. The van der Waals surface area contributed by atoms with Gasteiger partial charge in [0.05, 0.1) is 16.8 Å². The van der Waals surface area contributed by atoms with Crippen LogP contribution in [0.2, 0.25) is 10.0 Å². The van der Waals surface area contributed by atoms with E-state index in [0.717, 1.165) is 6.54 Å². The summed E-state index contributed by atoms with van der Waals surface area (Å²) in [6.45, 7) is 4.69. The van der Waals surface area contributed by atoms with Crippen molar-refractivity contribution in [3.8, 4) is 0 Å². The summed E-state index contributed by atoms with van der Waals surface area (Å²) in [5.41, 5.74) is 1.79. The van der Waals surface area contributed by atoms with Crippen LogP contribution in [0.1, 0.15) is 17.4 Å². The Bertz CT molecular complexity index is 672. The molecule has 6 heteroatoms. The Kier molecular flexibility index (Phi) is 5.87. The van der Waals surface area contributed by atoms with Gasteiger partial charge in [-0.15, -0.1) is 11.3 Å². The third-order valence-electron chi connectivity index (χ3n) is 3.59. The van der Waals surface area contributed by atoms with Crippen molar-refractivity contribution < 1.29 is 4.79 Å². The van der Waals surface area contributed by atoms with E-state index in [1.54, 1.807) is 29.5 Å². The number of nitrogens with zero attached hydrogens (tertiary/aromatic N) is 1. The molecule has 2 aromatic rings. The number of carbonyl (C=O) groups is 1. The number of carbonyl (C=O) groups excluding carboxylic acids is 1. The van der Waals surface area contributed by atoms with E-state index in [0.29, 0.717) is 15.7 Å². The standard InChI is InChI=1S/C16H18Cl2N2OS/c1-10-6-7-22-15(10)9-20(3)11(2)16(21)19-14-8-12(17)4-5-13(14)18/h4-8,11H,9H2,1-3H3,(H,19,21). The monoisotopic (exact) mass is 356 g/mol. The Balaban J connectivity index is 2.02. The van der Waals surface area contributed by atoms with Crippen molar-refractivity contribution in [3.63, 3.8) is 0 Å². The maximum absolute atomic E-state index is 12.4. The maximum Gasteiger partial charge on any atom is 0.241 e. The first kappa shape index (κ1) is 17.3. The summed E-state index contributed by atoms with van der Waals surface area (Å²) in [4.78, 5) is 15.7. The Morgan fingerprint density at radius 3 is 2.73 bits per heavy atom. The molecular formula is C16H18Cl2N2OS. The van der Waals surface area contributed by atoms with Gasteiger partial charge >= 0.3 is 0 Å². The van der Waals surface area contributed by atoms with Crippen LogP contribution in [0.3, 0.4) is 0 Å². The minimum atomic E-state index is -0.281. The summed E-state index contributed by atoms with van der Waals surface area (Å²) in [5, 5.41) is 5.91. The molecule has 1 unspecified atom stereocenters. The normalized spacial score (nSPS) is 12.5. The summed E-state index contributed by atoms with van der Waals surface area (Å²) in [7, 11) is 1.93. The number of nitrogens with one attached hydrogen (secondary N) is 1. The van der Waals surface area contributed by atoms with Crippen LogP contribution in [-0.2, 0) is 11.3 Å². The van der Waals surface area contributed by atoms with Crippen LogP contribution in [0.25, 0.3) is 0 Å². The number of rotatable bonds is 5. The van der Waals surface area contributed by atoms with Crippen LogP contribution < -0.4 is 5.32 Å². The number of benzene rings is 1. The first-order chi connectivity index (χ1) is 10.4. The third-order valence-corrected chi connectivity index (χ3v) is 5.16. The zero-order chi connectivity index (χ0) is 16.3. The summed E-state index contributed by atoms with van der Waals surface area (Å²) in [5.74, 6) is -0.110. The van der Waals surface area contributed by atoms with Gasteiger partial charge in [0, 0.05) is 16.4 Å². The highest BCUT2D eigenvalue weighted by atomic mass is 35.5. The minimum Gasteiger partial charge on any atom is -0.323 e. The van der Waals surface area contributed by atoms with E-state index in [1.165, 1.54) is 10.4 Å². The van der Waals surface area contributed by atoms with Gasteiger partial charge in [0.25, 0.3) is 0 Å². The molecule has 118 valence electrons. The molecule has 0 saturated heterocycles. The smallest absolute Gasteiger partial charge is 0.241 e. The second-order valence-corrected chi connectivity index (χ2v) is 7.08. The molecule has 1 N–H and O–H groups in total. The molecule has 0 aliphatic rings. The van der Waals surface area contributed by atoms with Crippen LogP contribution in [0.5, 0.6) is 0 Å². The van der Waals surface area contributed by atoms with Crippen LogP contribution in [0.4, 0.5) is 5.69 Å². The number of halogens is 2. The predicted molar refractivity (Wildman–Crippen MR) is 95.1 cm³/mol. The zero-order valence-corrected chi connectivity index (χ0v) is 15.0. The van der Waals surface area contributed by atoms with E-state index in [1.807, 2.05) is 18.9 Å². The van der Waals surface area contributed by atoms with E-state index in [4.69, 9.17) is 23.2 Å². The Morgan fingerprint density at radius 2 is 2.09 bits per heavy atom. The van der Waals surface area contributed by atoms with Gasteiger partial charge in [-0.2, -0.15) is 0 Å². The van der Waals surface area contributed by atoms with Gasteiger partial charge in [-0.1, -0.05) is 23.2 Å². The zero-order valence-electron chi connectivity index (χ0n) is 12.7. The molecule has 0 radical (unpaired) electrons. The molecule has 1 heterocycles. The van der Waals surface area contributed by atoms with Crippen LogP contribution in [-0.4, -0.2) is 23.9 Å². The Morgan fingerprint density at radius 1 is 1.36 bits per heavy atom. The second-order valence-electron chi connectivity index (χ2n) is 5.23. The topological polar surface area (TPSA) is 32.3 Å². The van der Waals surface area contributed by atoms with E-state index < -0.39 is 0 Å².